The summed E-state index contributed by atoms with van der Waals surface area (Å²) >= 11 is 0. The molecule has 7 heteroatoms. The Morgan fingerprint density at radius 3 is 2.55 bits per heavy atom. The van der Waals surface area contributed by atoms with Crippen molar-refractivity contribution in [3.63, 3.8) is 0 Å². The van der Waals surface area contributed by atoms with Crippen molar-refractivity contribution in [2.45, 2.75) is 32.9 Å². The van der Waals surface area contributed by atoms with Crippen molar-refractivity contribution < 1.29 is 9.53 Å². The van der Waals surface area contributed by atoms with E-state index in [1.165, 1.54) is 18.4 Å². The van der Waals surface area contributed by atoms with E-state index in [-0.39, 0.29) is 36.4 Å². The van der Waals surface area contributed by atoms with Gasteiger partial charge in [0.25, 0.3) is 0 Å². The molecule has 2 N–H and O–H groups in total. The summed E-state index contributed by atoms with van der Waals surface area (Å²) in [5.74, 6) is 2.21. The highest BCUT2D eigenvalue weighted by Crippen LogP contribution is 2.30. The van der Waals surface area contributed by atoms with Crippen molar-refractivity contribution in [1.29, 1.82) is 0 Å². The molecule has 31 heavy (non-hydrogen) atoms. The molecule has 2 aromatic rings. The number of halogens is 1. The Labute approximate surface area is 202 Å². The number of nitrogens with one attached hydrogen (secondary N) is 2. The van der Waals surface area contributed by atoms with E-state index >= 15 is 0 Å². The van der Waals surface area contributed by atoms with E-state index in [9.17, 15) is 4.79 Å². The Bertz CT molecular complexity index is 867. The average molecular weight is 536 g/mol. The van der Waals surface area contributed by atoms with Crippen LogP contribution in [0, 0.1) is 12.8 Å². The zero-order valence-corrected chi connectivity index (χ0v) is 20.9. The van der Waals surface area contributed by atoms with Gasteiger partial charge in [-0.3, -0.25) is 4.79 Å². The van der Waals surface area contributed by atoms with Crippen LogP contribution in [0.25, 0.3) is 0 Å². The Balaban J connectivity index is 0.00000341. The lowest BCUT2D eigenvalue weighted by Crippen LogP contribution is -2.42. The van der Waals surface area contributed by atoms with Gasteiger partial charge in [-0.2, -0.15) is 0 Å². The Morgan fingerprint density at radius 2 is 1.87 bits per heavy atom. The highest BCUT2D eigenvalue weighted by Gasteiger charge is 2.22. The fourth-order valence-electron chi connectivity index (χ4n) is 2.86. The Morgan fingerprint density at radius 1 is 1.13 bits per heavy atom. The topological polar surface area (TPSA) is 66.0 Å². The number of hydrogen-bond acceptors (Lipinski definition) is 3. The molecule has 0 bridgehead atoms. The summed E-state index contributed by atoms with van der Waals surface area (Å²) in [6.07, 6.45) is 2.53. The zero-order chi connectivity index (χ0) is 21.3. The molecule has 6 nitrogen and oxygen atoms in total. The van der Waals surface area contributed by atoms with Crippen molar-refractivity contribution >= 4 is 35.8 Å². The van der Waals surface area contributed by atoms with Gasteiger partial charge in [0, 0.05) is 26.2 Å². The standard InChI is InChI=1S/C24H32N4O2.HI/c1-18-9-12-21(22(13-18)30-17-20-10-11-20)15-26-24(27-16-23(29)28(2)3)25-14-19-7-5-4-6-8-19;/h4-9,12-13,20H,10-11,14-17H2,1-3H3,(H2,25,26,27);1H. The van der Waals surface area contributed by atoms with Crippen LogP contribution in [0.4, 0.5) is 0 Å². The maximum atomic E-state index is 12.0. The second-order valence-corrected chi connectivity index (χ2v) is 8.01. The molecule has 0 spiro atoms. The summed E-state index contributed by atoms with van der Waals surface area (Å²) in [4.78, 5) is 18.2. The first-order chi connectivity index (χ1) is 14.5. The smallest absolute Gasteiger partial charge is 0.241 e. The third-order valence-corrected chi connectivity index (χ3v) is 5.01. The number of likely N-dealkylation sites (N-methyl/N-ethyl adjacent to an activating group) is 1. The molecule has 0 atom stereocenters. The molecule has 1 aliphatic rings. The molecule has 1 aliphatic carbocycles. The minimum Gasteiger partial charge on any atom is -0.493 e. The maximum Gasteiger partial charge on any atom is 0.241 e. The van der Waals surface area contributed by atoms with Crippen molar-refractivity contribution in [1.82, 2.24) is 15.5 Å². The van der Waals surface area contributed by atoms with Crippen LogP contribution in [0.1, 0.15) is 29.5 Å². The molecule has 0 aromatic heterocycles. The summed E-state index contributed by atoms with van der Waals surface area (Å²) in [6.45, 7) is 4.14. The molecule has 0 radical (unpaired) electrons. The van der Waals surface area contributed by atoms with Crippen LogP contribution in [0.2, 0.25) is 0 Å². The van der Waals surface area contributed by atoms with Gasteiger partial charge in [-0.25, -0.2) is 4.99 Å². The van der Waals surface area contributed by atoms with Gasteiger partial charge in [-0.1, -0.05) is 42.5 Å². The molecule has 0 unspecified atom stereocenters. The van der Waals surface area contributed by atoms with Crippen LogP contribution in [0.3, 0.4) is 0 Å². The van der Waals surface area contributed by atoms with Gasteiger partial charge in [0.1, 0.15) is 5.75 Å². The number of hydrogen-bond donors (Lipinski definition) is 2. The van der Waals surface area contributed by atoms with Crippen molar-refractivity contribution in [2.24, 2.45) is 10.9 Å². The van der Waals surface area contributed by atoms with E-state index in [2.05, 4.69) is 40.7 Å². The van der Waals surface area contributed by atoms with E-state index in [0.717, 1.165) is 23.5 Å². The number of guanidine groups is 1. The van der Waals surface area contributed by atoms with E-state index in [4.69, 9.17) is 4.74 Å². The monoisotopic (exact) mass is 536 g/mol. The van der Waals surface area contributed by atoms with E-state index in [1.54, 1.807) is 19.0 Å². The first-order valence-corrected chi connectivity index (χ1v) is 10.5. The van der Waals surface area contributed by atoms with E-state index in [0.29, 0.717) is 25.0 Å². The molecule has 0 aliphatic heterocycles. The fraction of sp³-hybridized carbons (Fsp3) is 0.417. The largest absolute Gasteiger partial charge is 0.493 e. The second-order valence-electron chi connectivity index (χ2n) is 8.01. The predicted molar refractivity (Wildman–Crippen MR) is 136 cm³/mol. The number of benzene rings is 2. The molecule has 1 amide bonds. The van der Waals surface area contributed by atoms with Crippen molar-refractivity contribution in [3.8, 4) is 5.75 Å². The minimum absolute atomic E-state index is 0. The highest BCUT2D eigenvalue weighted by atomic mass is 127. The second kappa shape index (κ2) is 12.5. The minimum atomic E-state index is -0.00648. The van der Waals surface area contributed by atoms with Crippen LogP contribution in [-0.2, 0) is 17.9 Å². The maximum absolute atomic E-state index is 12.0. The number of amides is 1. The molecule has 0 saturated heterocycles. The van der Waals surface area contributed by atoms with Gasteiger partial charge in [0.15, 0.2) is 5.96 Å². The average Bonchev–Trinajstić information content (AvgIpc) is 3.57. The van der Waals surface area contributed by atoms with Crippen LogP contribution < -0.4 is 15.4 Å². The van der Waals surface area contributed by atoms with Gasteiger partial charge < -0.3 is 20.3 Å². The molecule has 3 rings (SSSR count). The van der Waals surface area contributed by atoms with Gasteiger partial charge in [0.05, 0.1) is 19.7 Å². The van der Waals surface area contributed by atoms with Crippen molar-refractivity contribution in [3.05, 3.63) is 65.2 Å². The van der Waals surface area contributed by atoms with Gasteiger partial charge in [0.2, 0.25) is 5.91 Å². The molecule has 1 fully saturated rings. The third kappa shape index (κ3) is 8.77. The summed E-state index contributed by atoms with van der Waals surface area (Å²) in [5.41, 5.74) is 3.37. The molecule has 0 heterocycles. The molecule has 168 valence electrons. The van der Waals surface area contributed by atoms with Gasteiger partial charge in [-0.05, 0) is 42.9 Å². The summed E-state index contributed by atoms with van der Waals surface area (Å²) in [5, 5.41) is 6.49. The van der Waals surface area contributed by atoms with Gasteiger partial charge >= 0.3 is 0 Å². The van der Waals surface area contributed by atoms with Crippen LogP contribution in [0.15, 0.2) is 53.5 Å². The van der Waals surface area contributed by atoms with E-state index < -0.39 is 0 Å². The molecular formula is C24H33IN4O2. The zero-order valence-electron chi connectivity index (χ0n) is 18.6. The number of ether oxygens (including phenoxy) is 1. The molecular weight excluding hydrogens is 503 g/mol. The first-order valence-electron chi connectivity index (χ1n) is 10.5. The lowest BCUT2D eigenvalue weighted by Gasteiger charge is -2.17. The van der Waals surface area contributed by atoms with Crippen LogP contribution in [0.5, 0.6) is 5.75 Å². The molecule has 1 saturated carbocycles. The number of aliphatic imine (C=N–C) groups is 1. The summed E-state index contributed by atoms with van der Waals surface area (Å²) in [7, 11) is 3.49. The van der Waals surface area contributed by atoms with Crippen LogP contribution in [-0.4, -0.2) is 44.0 Å². The number of aryl methyl sites for hydroxylation is 1. The lowest BCUT2D eigenvalue weighted by atomic mass is 10.1. The SMILES string of the molecule is Cc1ccc(CNC(=NCc2ccccc2)NCC(=O)N(C)C)c(OCC2CC2)c1.I. The lowest BCUT2D eigenvalue weighted by molar-refractivity contribution is -0.127. The number of nitrogens with zero attached hydrogens (tertiary/aromatic N) is 2. The Hall–Kier alpha value is -2.29. The third-order valence-electron chi connectivity index (χ3n) is 5.01. The summed E-state index contributed by atoms with van der Waals surface area (Å²) in [6, 6.07) is 16.3. The van der Waals surface area contributed by atoms with E-state index in [1.807, 2.05) is 30.3 Å². The number of carbonyl (C=O) groups is 1. The van der Waals surface area contributed by atoms with Gasteiger partial charge in [-0.15, -0.1) is 24.0 Å². The van der Waals surface area contributed by atoms with Crippen LogP contribution >= 0.6 is 24.0 Å². The quantitative estimate of drug-likeness (QED) is 0.291. The first kappa shape index (κ1) is 25.0. The fourth-order valence-corrected chi connectivity index (χ4v) is 2.86. The normalized spacial score (nSPS) is 13.2. The number of carbonyl (C=O) groups excluding carboxylic acids is 1. The molecule has 2 aromatic carbocycles. The number of rotatable bonds is 9. The van der Waals surface area contributed by atoms with Crippen molar-refractivity contribution in [2.75, 3.05) is 27.2 Å². The summed E-state index contributed by atoms with van der Waals surface area (Å²) < 4.78 is 6.07. The Kier molecular flexibility index (Phi) is 10.1. The highest BCUT2D eigenvalue weighted by molar-refractivity contribution is 14.0. The predicted octanol–water partition coefficient (Wildman–Crippen LogP) is 3.73.